The Kier molecular flexibility index (Phi) is 5.12. The van der Waals surface area contributed by atoms with Crippen molar-refractivity contribution in [3.8, 4) is 22.6 Å². The Morgan fingerprint density at radius 2 is 2.19 bits per heavy atom. The second-order valence-corrected chi connectivity index (χ2v) is 5.60. The lowest BCUT2D eigenvalue weighted by atomic mass is 10.1. The summed E-state index contributed by atoms with van der Waals surface area (Å²) < 4.78 is 11.6. The number of anilines is 1. The van der Waals surface area contributed by atoms with Gasteiger partial charge in [0.1, 0.15) is 5.69 Å². The molecule has 0 aliphatic rings. The second-order valence-electron chi connectivity index (χ2n) is 5.60. The van der Waals surface area contributed by atoms with Crippen molar-refractivity contribution in [2.24, 2.45) is 0 Å². The smallest absolute Gasteiger partial charge is 0.305 e. The van der Waals surface area contributed by atoms with Gasteiger partial charge in [-0.3, -0.25) is 9.59 Å². The van der Waals surface area contributed by atoms with Gasteiger partial charge in [-0.2, -0.15) is 0 Å². The summed E-state index contributed by atoms with van der Waals surface area (Å²) in [4.78, 5) is 31.6. The molecule has 0 aromatic carbocycles. The molecule has 134 valence electrons. The van der Waals surface area contributed by atoms with Crippen molar-refractivity contribution in [2.45, 2.75) is 19.4 Å². The third-order valence-corrected chi connectivity index (χ3v) is 3.86. The Balaban J connectivity index is 1.94. The maximum absolute atomic E-state index is 12.1. The molecule has 0 saturated carbocycles. The summed E-state index contributed by atoms with van der Waals surface area (Å²) in [7, 11) is 1.34. The van der Waals surface area contributed by atoms with Crippen LogP contribution in [0.4, 0.5) is 5.95 Å². The highest BCUT2D eigenvalue weighted by Crippen LogP contribution is 2.30. The van der Waals surface area contributed by atoms with Crippen molar-refractivity contribution in [3.05, 3.63) is 53.3 Å². The zero-order valence-electron chi connectivity index (χ0n) is 14.2. The van der Waals surface area contributed by atoms with E-state index < -0.39 is 0 Å². The van der Waals surface area contributed by atoms with Crippen LogP contribution in [0.2, 0.25) is 0 Å². The highest BCUT2D eigenvalue weighted by Gasteiger charge is 2.14. The van der Waals surface area contributed by atoms with Crippen LogP contribution in [0.15, 0.2) is 52.1 Å². The van der Waals surface area contributed by atoms with Crippen LogP contribution >= 0.6 is 0 Å². The molecule has 0 aliphatic heterocycles. The van der Waals surface area contributed by atoms with E-state index in [4.69, 9.17) is 10.2 Å². The number of methoxy groups -OCH3 is 1. The number of hydrogen-bond donors (Lipinski definition) is 1. The van der Waals surface area contributed by atoms with E-state index in [0.717, 1.165) is 5.56 Å². The normalized spacial score (nSPS) is 10.7. The number of ether oxygens (including phenoxy) is 1. The number of aromatic nitrogens is 3. The Morgan fingerprint density at radius 1 is 1.35 bits per heavy atom. The summed E-state index contributed by atoms with van der Waals surface area (Å²) in [6, 6.07) is 6.69. The average molecular weight is 354 g/mol. The lowest BCUT2D eigenvalue weighted by Gasteiger charge is -2.10. The van der Waals surface area contributed by atoms with E-state index in [2.05, 4.69) is 14.7 Å². The van der Waals surface area contributed by atoms with Gasteiger partial charge in [0, 0.05) is 42.6 Å². The van der Waals surface area contributed by atoms with Gasteiger partial charge in [0.2, 0.25) is 5.95 Å². The van der Waals surface area contributed by atoms with Gasteiger partial charge < -0.3 is 19.5 Å². The van der Waals surface area contributed by atoms with E-state index in [1.807, 2.05) is 0 Å². The summed E-state index contributed by atoms with van der Waals surface area (Å²) in [5.74, 6) is 0.380. The number of aryl methyl sites for hydroxylation is 1. The number of rotatable bonds is 6. The van der Waals surface area contributed by atoms with E-state index >= 15 is 0 Å². The van der Waals surface area contributed by atoms with Crippen molar-refractivity contribution < 1.29 is 13.9 Å². The third kappa shape index (κ3) is 3.80. The van der Waals surface area contributed by atoms with Crippen LogP contribution in [0.3, 0.4) is 0 Å². The molecule has 8 nitrogen and oxygen atoms in total. The highest BCUT2D eigenvalue weighted by atomic mass is 16.5. The Bertz CT molecular complexity index is 964. The van der Waals surface area contributed by atoms with Gasteiger partial charge in [0.05, 0.1) is 13.4 Å². The first-order chi connectivity index (χ1) is 12.6. The molecule has 8 heteroatoms. The SMILES string of the molecule is COC(=O)CCCn1cc(-c2cnc(N)nc2-c2ccco2)ccc1=O. The molecule has 0 aliphatic carbocycles. The van der Waals surface area contributed by atoms with E-state index in [-0.39, 0.29) is 23.9 Å². The summed E-state index contributed by atoms with van der Waals surface area (Å²) in [6.07, 6.45) is 5.60. The van der Waals surface area contributed by atoms with Crippen molar-refractivity contribution >= 4 is 11.9 Å². The number of furan rings is 1. The standard InChI is InChI=1S/C18H18N4O4/c1-25-16(24)5-2-8-22-11-12(6-7-15(22)23)13-10-20-18(19)21-17(13)14-4-3-9-26-14/h3-4,6-7,9-11H,2,5,8H2,1H3,(H2,19,20,21). The second kappa shape index (κ2) is 7.64. The van der Waals surface area contributed by atoms with E-state index in [1.165, 1.54) is 13.2 Å². The lowest BCUT2D eigenvalue weighted by molar-refractivity contribution is -0.140. The summed E-state index contributed by atoms with van der Waals surface area (Å²) in [5.41, 5.74) is 7.53. The van der Waals surface area contributed by atoms with Gasteiger partial charge in [0.25, 0.3) is 5.56 Å². The quantitative estimate of drug-likeness (QED) is 0.674. The molecule has 0 saturated heterocycles. The van der Waals surface area contributed by atoms with Gasteiger partial charge >= 0.3 is 5.97 Å². The molecule has 3 heterocycles. The number of hydrogen-bond acceptors (Lipinski definition) is 7. The minimum absolute atomic E-state index is 0.131. The number of esters is 1. The molecule has 3 rings (SSSR count). The summed E-state index contributed by atoms with van der Waals surface area (Å²) >= 11 is 0. The van der Waals surface area contributed by atoms with Crippen molar-refractivity contribution in [2.75, 3.05) is 12.8 Å². The van der Waals surface area contributed by atoms with Crippen LogP contribution in [0.25, 0.3) is 22.6 Å². The van der Waals surface area contributed by atoms with Crippen molar-refractivity contribution in [3.63, 3.8) is 0 Å². The number of nitrogens with zero attached hydrogens (tertiary/aromatic N) is 3. The lowest BCUT2D eigenvalue weighted by Crippen LogP contribution is -2.19. The molecule has 26 heavy (non-hydrogen) atoms. The zero-order valence-corrected chi connectivity index (χ0v) is 14.2. The average Bonchev–Trinajstić information content (AvgIpc) is 3.18. The molecule has 2 N–H and O–H groups in total. The van der Waals surface area contributed by atoms with Gasteiger partial charge in [-0.25, -0.2) is 9.97 Å². The molecule has 0 radical (unpaired) electrons. The fourth-order valence-corrected chi connectivity index (χ4v) is 2.57. The molecule has 3 aromatic heterocycles. The van der Waals surface area contributed by atoms with Gasteiger partial charge in [-0.05, 0) is 24.6 Å². The molecular formula is C18H18N4O4. The highest BCUT2D eigenvalue weighted by molar-refractivity contribution is 5.78. The van der Waals surface area contributed by atoms with Gasteiger partial charge in [-0.1, -0.05) is 0 Å². The molecule has 0 amide bonds. The number of nitrogen functional groups attached to an aromatic ring is 1. The predicted octanol–water partition coefficient (Wildman–Crippen LogP) is 2.10. The van der Waals surface area contributed by atoms with E-state index in [1.54, 1.807) is 41.4 Å². The van der Waals surface area contributed by atoms with Crippen LogP contribution in [0, 0.1) is 0 Å². The maximum atomic E-state index is 12.1. The Labute approximate surface area is 149 Å². The topological polar surface area (TPSA) is 113 Å². The van der Waals surface area contributed by atoms with Crippen LogP contribution in [0.1, 0.15) is 12.8 Å². The van der Waals surface area contributed by atoms with Gasteiger partial charge in [-0.15, -0.1) is 0 Å². The minimum Gasteiger partial charge on any atom is -0.469 e. The molecule has 0 unspecified atom stereocenters. The number of pyridine rings is 1. The molecule has 0 spiro atoms. The minimum atomic E-state index is -0.304. The Morgan fingerprint density at radius 3 is 2.92 bits per heavy atom. The molecule has 0 atom stereocenters. The first-order valence-corrected chi connectivity index (χ1v) is 8.02. The predicted molar refractivity (Wildman–Crippen MR) is 95.1 cm³/mol. The number of carbonyl (C=O) groups is 1. The zero-order chi connectivity index (χ0) is 18.5. The fourth-order valence-electron chi connectivity index (χ4n) is 2.57. The molecule has 3 aromatic rings. The maximum Gasteiger partial charge on any atom is 0.305 e. The largest absolute Gasteiger partial charge is 0.469 e. The fraction of sp³-hybridized carbons (Fsp3) is 0.222. The van der Waals surface area contributed by atoms with Crippen molar-refractivity contribution in [1.82, 2.24) is 14.5 Å². The van der Waals surface area contributed by atoms with E-state index in [9.17, 15) is 9.59 Å². The van der Waals surface area contributed by atoms with Crippen LogP contribution in [-0.2, 0) is 16.1 Å². The molecule has 0 fully saturated rings. The first kappa shape index (κ1) is 17.4. The van der Waals surface area contributed by atoms with E-state index in [0.29, 0.717) is 30.0 Å². The number of nitrogens with two attached hydrogens (primary N) is 1. The Hall–Kier alpha value is -3.42. The van der Waals surface area contributed by atoms with Gasteiger partial charge in [0.15, 0.2) is 5.76 Å². The van der Waals surface area contributed by atoms with Crippen LogP contribution in [0.5, 0.6) is 0 Å². The third-order valence-electron chi connectivity index (χ3n) is 3.86. The first-order valence-electron chi connectivity index (χ1n) is 8.02. The molecular weight excluding hydrogens is 336 g/mol. The van der Waals surface area contributed by atoms with Crippen LogP contribution in [-0.4, -0.2) is 27.6 Å². The molecule has 0 bridgehead atoms. The van der Waals surface area contributed by atoms with Crippen LogP contribution < -0.4 is 11.3 Å². The number of carbonyl (C=O) groups excluding carboxylic acids is 1. The summed E-state index contributed by atoms with van der Waals surface area (Å²) in [6.45, 7) is 0.397. The summed E-state index contributed by atoms with van der Waals surface area (Å²) in [5, 5.41) is 0. The monoisotopic (exact) mass is 354 g/mol. The van der Waals surface area contributed by atoms with Crippen molar-refractivity contribution in [1.29, 1.82) is 0 Å².